The molecule has 29 heavy (non-hydrogen) atoms. The fourth-order valence-electron chi connectivity index (χ4n) is 3.13. The van der Waals surface area contributed by atoms with Crippen molar-refractivity contribution in [3.63, 3.8) is 0 Å². The molecule has 2 aliphatic heterocycles. The molecule has 1 aromatic carbocycles. The fourth-order valence-corrected chi connectivity index (χ4v) is 3.13. The summed E-state index contributed by atoms with van der Waals surface area (Å²) in [6.45, 7) is 8.07. The van der Waals surface area contributed by atoms with Crippen LogP contribution in [0.5, 0.6) is 0 Å². The van der Waals surface area contributed by atoms with E-state index in [2.05, 4.69) is 0 Å². The van der Waals surface area contributed by atoms with Gasteiger partial charge < -0.3 is 14.5 Å². The Bertz CT molecular complexity index is 789. The van der Waals surface area contributed by atoms with Gasteiger partial charge in [0.1, 0.15) is 5.60 Å². The summed E-state index contributed by atoms with van der Waals surface area (Å²) in [7, 11) is 0. The quantitative estimate of drug-likeness (QED) is 0.706. The topological polar surface area (TPSA) is 96.5 Å². The van der Waals surface area contributed by atoms with Crippen LogP contribution < -0.4 is 0 Å². The van der Waals surface area contributed by atoms with E-state index in [0.29, 0.717) is 37.8 Å². The number of rotatable bonds is 4. The van der Waals surface area contributed by atoms with Crippen LogP contribution in [0.2, 0.25) is 0 Å². The molecule has 0 radical (unpaired) electrons. The Morgan fingerprint density at radius 3 is 2.03 bits per heavy atom. The Morgan fingerprint density at radius 2 is 1.52 bits per heavy atom. The van der Waals surface area contributed by atoms with Crippen LogP contribution in [-0.4, -0.2) is 77.1 Å². The van der Waals surface area contributed by atoms with E-state index in [1.54, 1.807) is 17.0 Å². The molecule has 0 aromatic heterocycles. The number of hydrogen-bond acceptors (Lipinski definition) is 7. The molecule has 1 aromatic rings. The minimum atomic E-state index is -0.658. The largest absolute Gasteiger partial charge is 0.444 e. The number of imide groups is 1. The van der Waals surface area contributed by atoms with Gasteiger partial charge in [0.25, 0.3) is 11.8 Å². The van der Waals surface area contributed by atoms with E-state index in [-0.39, 0.29) is 23.6 Å². The molecule has 156 valence electrons. The predicted octanol–water partition coefficient (Wildman–Crippen LogP) is 1.68. The highest BCUT2D eigenvalue weighted by Gasteiger charge is 2.38. The number of fused-ring (bicyclic) bond motifs is 1. The molecule has 9 heteroatoms. The Balaban J connectivity index is 1.43. The van der Waals surface area contributed by atoms with Crippen molar-refractivity contribution >= 4 is 23.9 Å². The summed E-state index contributed by atoms with van der Waals surface area (Å²) in [6, 6.07) is 6.33. The first-order valence-electron chi connectivity index (χ1n) is 9.54. The Hall–Kier alpha value is -2.94. The molecular formula is C20H25N3O6. The van der Waals surface area contributed by atoms with Gasteiger partial charge in [-0.2, -0.15) is 0 Å². The van der Waals surface area contributed by atoms with Gasteiger partial charge in [0.05, 0.1) is 17.5 Å². The van der Waals surface area contributed by atoms with E-state index >= 15 is 0 Å². The number of nitrogens with zero attached hydrogens (tertiary/aromatic N) is 3. The van der Waals surface area contributed by atoms with Gasteiger partial charge >= 0.3 is 12.1 Å². The van der Waals surface area contributed by atoms with Gasteiger partial charge in [0.15, 0.2) is 0 Å². The van der Waals surface area contributed by atoms with Crippen LogP contribution in [0.25, 0.3) is 0 Å². The minimum absolute atomic E-state index is 0.0276. The SMILES string of the molecule is CC(C)(C)OC(=O)N1CCN(CCC(=O)ON2C(=O)c3ccccc3C2=O)CC1. The maximum Gasteiger partial charge on any atom is 0.410 e. The zero-order valence-corrected chi connectivity index (χ0v) is 16.8. The molecule has 2 heterocycles. The lowest BCUT2D eigenvalue weighted by Gasteiger charge is -2.35. The number of hydrogen-bond donors (Lipinski definition) is 0. The van der Waals surface area contributed by atoms with Gasteiger partial charge in [-0.25, -0.2) is 9.59 Å². The van der Waals surface area contributed by atoms with E-state index in [4.69, 9.17) is 9.57 Å². The van der Waals surface area contributed by atoms with Crippen LogP contribution in [0.3, 0.4) is 0 Å². The molecule has 1 saturated heterocycles. The second kappa shape index (κ2) is 8.20. The maximum atomic E-state index is 12.2. The first kappa shape index (κ1) is 20.8. The van der Waals surface area contributed by atoms with Crippen molar-refractivity contribution in [2.24, 2.45) is 0 Å². The van der Waals surface area contributed by atoms with Crippen molar-refractivity contribution in [2.75, 3.05) is 32.7 Å². The fraction of sp³-hybridized carbons (Fsp3) is 0.500. The second-order valence-electron chi connectivity index (χ2n) is 7.97. The average molecular weight is 403 g/mol. The first-order chi connectivity index (χ1) is 13.7. The lowest BCUT2D eigenvalue weighted by molar-refractivity contribution is -0.169. The Kier molecular flexibility index (Phi) is 5.88. The molecule has 0 spiro atoms. The summed E-state index contributed by atoms with van der Waals surface area (Å²) in [4.78, 5) is 57.3. The van der Waals surface area contributed by atoms with E-state index in [0.717, 1.165) is 0 Å². The zero-order valence-electron chi connectivity index (χ0n) is 16.8. The van der Waals surface area contributed by atoms with Crippen LogP contribution in [0.4, 0.5) is 4.79 Å². The molecule has 1 fully saturated rings. The molecule has 0 bridgehead atoms. The van der Waals surface area contributed by atoms with Crippen molar-refractivity contribution < 1.29 is 28.8 Å². The minimum Gasteiger partial charge on any atom is -0.444 e. The smallest absolute Gasteiger partial charge is 0.410 e. The lowest BCUT2D eigenvalue weighted by Crippen LogP contribution is -2.50. The van der Waals surface area contributed by atoms with E-state index < -0.39 is 23.4 Å². The van der Waals surface area contributed by atoms with Crippen LogP contribution in [-0.2, 0) is 14.4 Å². The van der Waals surface area contributed by atoms with Gasteiger partial charge in [-0.15, -0.1) is 0 Å². The molecule has 3 amide bonds. The molecule has 9 nitrogen and oxygen atoms in total. The molecule has 3 rings (SSSR count). The number of carbonyl (C=O) groups is 4. The number of ether oxygens (including phenoxy) is 1. The van der Waals surface area contributed by atoms with Crippen LogP contribution in [0.15, 0.2) is 24.3 Å². The van der Waals surface area contributed by atoms with Gasteiger partial charge in [-0.3, -0.25) is 14.5 Å². The summed E-state index contributed by atoms with van der Waals surface area (Å²) in [5, 5.41) is 0.521. The van der Waals surface area contributed by atoms with E-state index in [9.17, 15) is 19.2 Å². The second-order valence-corrected chi connectivity index (χ2v) is 7.97. The average Bonchev–Trinajstić information content (AvgIpc) is 2.91. The normalized spacial score (nSPS) is 17.3. The molecule has 0 atom stereocenters. The molecule has 0 unspecified atom stereocenters. The summed E-state index contributed by atoms with van der Waals surface area (Å²) < 4.78 is 5.36. The van der Waals surface area contributed by atoms with Crippen molar-refractivity contribution in [1.82, 2.24) is 14.9 Å². The number of carbonyl (C=O) groups excluding carboxylic acids is 4. The monoisotopic (exact) mass is 403 g/mol. The molecule has 0 aliphatic carbocycles. The highest BCUT2D eigenvalue weighted by Crippen LogP contribution is 2.23. The maximum absolute atomic E-state index is 12.2. The predicted molar refractivity (Wildman–Crippen MR) is 102 cm³/mol. The van der Waals surface area contributed by atoms with Crippen molar-refractivity contribution in [3.05, 3.63) is 35.4 Å². The van der Waals surface area contributed by atoms with Crippen LogP contribution >= 0.6 is 0 Å². The summed E-state index contributed by atoms with van der Waals surface area (Å²) >= 11 is 0. The number of amides is 3. The summed E-state index contributed by atoms with van der Waals surface area (Å²) in [5.41, 5.74) is -0.0886. The number of piperazine rings is 1. The van der Waals surface area contributed by atoms with Gasteiger partial charge in [0, 0.05) is 32.7 Å². The number of benzene rings is 1. The van der Waals surface area contributed by atoms with Crippen LogP contribution in [0.1, 0.15) is 47.9 Å². The lowest BCUT2D eigenvalue weighted by atomic mass is 10.1. The van der Waals surface area contributed by atoms with Gasteiger partial charge in [0.2, 0.25) is 0 Å². The van der Waals surface area contributed by atoms with Crippen molar-refractivity contribution in [1.29, 1.82) is 0 Å². The van der Waals surface area contributed by atoms with Crippen LogP contribution in [0, 0.1) is 0 Å². The zero-order chi connectivity index (χ0) is 21.2. The van der Waals surface area contributed by atoms with Gasteiger partial charge in [-0.05, 0) is 32.9 Å². The third-order valence-corrected chi connectivity index (χ3v) is 4.61. The number of hydroxylamine groups is 2. The van der Waals surface area contributed by atoms with Crippen molar-refractivity contribution in [3.8, 4) is 0 Å². The highest BCUT2D eigenvalue weighted by atomic mass is 16.7. The molecular weight excluding hydrogens is 378 g/mol. The molecule has 0 saturated carbocycles. The van der Waals surface area contributed by atoms with Gasteiger partial charge in [-0.1, -0.05) is 17.2 Å². The summed E-state index contributed by atoms with van der Waals surface area (Å²) in [6.07, 6.45) is -0.318. The highest BCUT2D eigenvalue weighted by molar-refractivity contribution is 6.20. The summed E-state index contributed by atoms with van der Waals surface area (Å²) in [5.74, 6) is -1.93. The Morgan fingerprint density at radius 1 is 0.966 bits per heavy atom. The molecule has 2 aliphatic rings. The van der Waals surface area contributed by atoms with Crippen molar-refractivity contribution in [2.45, 2.75) is 32.8 Å². The first-order valence-corrected chi connectivity index (χ1v) is 9.54. The van der Waals surface area contributed by atoms with E-state index in [1.165, 1.54) is 12.1 Å². The Labute approximate surface area is 169 Å². The van der Waals surface area contributed by atoms with E-state index in [1.807, 2.05) is 25.7 Å². The third-order valence-electron chi connectivity index (χ3n) is 4.61. The molecule has 0 N–H and O–H groups in total. The third kappa shape index (κ3) is 4.92. The standard InChI is InChI=1S/C20H25N3O6/c1-20(2,3)28-19(27)22-12-10-21(11-13-22)9-8-16(24)29-23-17(25)14-6-4-5-7-15(14)18(23)26/h4-7H,8-13H2,1-3H3.